The van der Waals surface area contributed by atoms with Crippen LogP contribution in [-0.4, -0.2) is 70.9 Å². The maximum Gasteiger partial charge on any atom is 0.356 e. The fourth-order valence-corrected chi connectivity index (χ4v) is 3.15. The van der Waals surface area contributed by atoms with Gasteiger partial charge in [-0.15, -0.1) is 0 Å². The van der Waals surface area contributed by atoms with E-state index in [4.69, 9.17) is 0 Å². The predicted molar refractivity (Wildman–Crippen MR) is 86.5 cm³/mol. The average Bonchev–Trinajstić information content (AvgIpc) is 2.83. The van der Waals surface area contributed by atoms with Gasteiger partial charge in [-0.3, -0.25) is 4.68 Å². The van der Waals surface area contributed by atoms with Gasteiger partial charge in [-0.25, -0.2) is 4.79 Å². The van der Waals surface area contributed by atoms with Gasteiger partial charge >= 0.3 is 5.97 Å². The molecule has 1 atom stereocenters. The Morgan fingerprint density at radius 2 is 2.09 bits per heavy atom. The highest BCUT2D eigenvalue weighted by atomic mass is 16.4. The SMILES string of the molecule is CCCn1nc(C(=O)O)c2c1CC[C@@H](N(C)CCN(C)C)C2. The van der Waals surface area contributed by atoms with Crippen molar-refractivity contribution in [1.82, 2.24) is 19.6 Å². The van der Waals surface area contributed by atoms with Crippen molar-refractivity contribution in [2.45, 2.75) is 45.2 Å². The lowest BCUT2D eigenvalue weighted by atomic mass is 9.90. The highest BCUT2D eigenvalue weighted by Crippen LogP contribution is 2.27. The summed E-state index contributed by atoms with van der Waals surface area (Å²) in [5.74, 6) is -0.900. The summed E-state index contributed by atoms with van der Waals surface area (Å²) in [5.41, 5.74) is 2.35. The minimum Gasteiger partial charge on any atom is -0.476 e. The van der Waals surface area contributed by atoms with Gasteiger partial charge in [-0.05, 0) is 46.8 Å². The summed E-state index contributed by atoms with van der Waals surface area (Å²) < 4.78 is 1.91. The van der Waals surface area contributed by atoms with Gasteiger partial charge in [-0.2, -0.15) is 5.10 Å². The summed E-state index contributed by atoms with van der Waals surface area (Å²) in [4.78, 5) is 16.0. The molecule has 0 fully saturated rings. The van der Waals surface area contributed by atoms with Gasteiger partial charge < -0.3 is 14.9 Å². The molecular weight excluding hydrogens is 280 g/mol. The first-order chi connectivity index (χ1) is 10.4. The van der Waals surface area contributed by atoms with Crippen LogP contribution in [0.2, 0.25) is 0 Å². The fourth-order valence-electron chi connectivity index (χ4n) is 3.15. The normalized spacial score (nSPS) is 18.0. The molecule has 0 bridgehead atoms. The molecule has 0 aromatic carbocycles. The number of rotatable bonds is 7. The number of carbonyl (C=O) groups is 1. The molecule has 124 valence electrons. The summed E-state index contributed by atoms with van der Waals surface area (Å²) in [6.45, 7) is 4.91. The molecule has 6 nitrogen and oxygen atoms in total. The van der Waals surface area contributed by atoms with E-state index in [1.807, 2.05) is 4.68 Å². The second-order valence-corrected chi connectivity index (χ2v) is 6.48. The highest BCUT2D eigenvalue weighted by molar-refractivity contribution is 5.87. The number of fused-ring (bicyclic) bond motifs is 1. The van der Waals surface area contributed by atoms with Crippen molar-refractivity contribution >= 4 is 5.97 Å². The molecule has 0 unspecified atom stereocenters. The van der Waals surface area contributed by atoms with E-state index < -0.39 is 5.97 Å². The van der Waals surface area contributed by atoms with Crippen LogP contribution in [0.4, 0.5) is 0 Å². The molecule has 22 heavy (non-hydrogen) atoms. The Morgan fingerprint density at radius 1 is 1.36 bits per heavy atom. The molecule has 1 aromatic heterocycles. The molecule has 1 heterocycles. The van der Waals surface area contributed by atoms with Gasteiger partial charge in [0.05, 0.1) is 0 Å². The zero-order chi connectivity index (χ0) is 16.3. The smallest absolute Gasteiger partial charge is 0.356 e. The number of aromatic nitrogens is 2. The molecule has 1 aliphatic rings. The van der Waals surface area contributed by atoms with Gasteiger partial charge in [0.15, 0.2) is 5.69 Å². The molecule has 6 heteroatoms. The Morgan fingerprint density at radius 3 is 2.68 bits per heavy atom. The van der Waals surface area contributed by atoms with Gasteiger partial charge in [-0.1, -0.05) is 6.92 Å². The van der Waals surface area contributed by atoms with E-state index in [1.54, 1.807) is 0 Å². The Kier molecular flexibility index (Phi) is 5.58. The molecule has 1 aromatic rings. The summed E-state index contributed by atoms with van der Waals surface area (Å²) in [7, 11) is 6.28. The second-order valence-electron chi connectivity index (χ2n) is 6.48. The number of hydrogen-bond acceptors (Lipinski definition) is 4. The van der Waals surface area contributed by atoms with Gasteiger partial charge in [0.25, 0.3) is 0 Å². The molecule has 0 aliphatic heterocycles. The Hall–Kier alpha value is -1.40. The molecule has 0 amide bonds. The lowest BCUT2D eigenvalue weighted by Crippen LogP contribution is -2.40. The zero-order valence-corrected chi connectivity index (χ0v) is 14.2. The van der Waals surface area contributed by atoms with Crippen LogP contribution in [0, 0.1) is 0 Å². The molecule has 0 saturated carbocycles. The minimum absolute atomic E-state index is 0.258. The van der Waals surface area contributed by atoms with Crippen molar-refractivity contribution in [3.63, 3.8) is 0 Å². The van der Waals surface area contributed by atoms with Crippen molar-refractivity contribution in [1.29, 1.82) is 0 Å². The number of likely N-dealkylation sites (N-methyl/N-ethyl adjacent to an activating group) is 2. The number of carboxylic acids is 1. The number of hydrogen-bond donors (Lipinski definition) is 1. The Balaban J connectivity index is 2.16. The first-order valence-electron chi connectivity index (χ1n) is 8.10. The largest absolute Gasteiger partial charge is 0.476 e. The lowest BCUT2D eigenvalue weighted by molar-refractivity contribution is 0.0687. The maximum atomic E-state index is 11.5. The zero-order valence-electron chi connectivity index (χ0n) is 14.2. The van der Waals surface area contributed by atoms with E-state index in [9.17, 15) is 9.90 Å². The summed E-state index contributed by atoms with van der Waals surface area (Å²) in [5, 5.41) is 13.8. The number of aromatic carboxylic acids is 1. The standard InChI is InChI=1S/C16H28N4O2/c1-5-8-20-14-7-6-12(19(4)10-9-18(2)3)11-13(14)15(17-20)16(21)22/h12H,5-11H2,1-4H3,(H,21,22)/t12-/m1/s1. The van der Waals surface area contributed by atoms with Crippen molar-refractivity contribution < 1.29 is 9.90 Å². The molecule has 1 N–H and O–H groups in total. The topological polar surface area (TPSA) is 61.6 Å². The average molecular weight is 308 g/mol. The molecular formula is C16H28N4O2. The van der Waals surface area contributed by atoms with Crippen molar-refractivity contribution in [2.75, 3.05) is 34.2 Å². The van der Waals surface area contributed by atoms with E-state index in [2.05, 4.69) is 43.0 Å². The second kappa shape index (κ2) is 7.24. The summed E-state index contributed by atoms with van der Waals surface area (Å²) in [6.07, 6.45) is 3.77. The van der Waals surface area contributed by atoms with Gasteiger partial charge in [0.1, 0.15) is 0 Å². The van der Waals surface area contributed by atoms with Crippen LogP contribution >= 0.6 is 0 Å². The van der Waals surface area contributed by atoms with Crippen LogP contribution < -0.4 is 0 Å². The third-order valence-electron chi connectivity index (χ3n) is 4.48. The van der Waals surface area contributed by atoms with Crippen LogP contribution in [0.3, 0.4) is 0 Å². The monoisotopic (exact) mass is 308 g/mol. The van der Waals surface area contributed by atoms with Crippen LogP contribution in [0.1, 0.15) is 41.5 Å². The summed E-state index contributed by atoms with van der Waals surface area (Å²) >= 11 is 0. The third-order valence-corrected chi connectivity index (χ3v) is 4.48. The molecule has 0 radical (unpaired) electrons. The van der Waals surface area contributed by atoms with Crippen molar-refractivity contribution in [3.8, 4) is 0 Å². The molecule has 0 saturated heterocycles. The number of carboxylic acid groups (broad SMARTS) is 1. The quantitative estimate of drug-likeness (QED) is 0.824. The van der Waals surface area contributed by atoms with E-state index in [1.165, 1.54) is 0 Å². The van der Waals surface area contributed by atoms with Gasteiger partial charge in [0, 0.05) is 36.9 Å². The van der Waals surface area contributed by atoms with Gasteiger partial charge in [0.2, 0.25) is 0 Å². The van der Waals surface area contributed by atoms with Crippen molar-refractivity contribution in [2.24, 2.45) is 0 Å². The van der Waals surface area contributed by atoms with E-state index in [-0.39, 0.29) is 5.69 Å². The highest BCUT2D eigenvalue weighted by Gasteiger charge is 2.30. The van der Waals surface area contributed by atoms with Crippen LogP contribution in [0.5, 0.6) is 0 Å². The molecule has 2 rings (SSSR count). The third kappa shape index (κ3) is 3.67. The van der Waals surface area contributed by atoms with E-state index in [0.717, 1.165) is 56.6 Å². The predicted octanol–water partition coefficient (Wildman–Crippen LogP) is 1.34. The fraction of sp³-hybridized carbons (Fsp3) is 0.750. The van der Waals surface area contributed by atoms with E-state index in [0.29, 0.717) is 6.04 Å². The first-order valence-corrected chi connectivity index (χ1v) is 8.10. The van der Waals surface area contributed by atoms with Crippen molar-refractivity contribution in [3.05, 3.63) is 17.0 Å². The number of nitrogens with zero attached hydrogens (tertiary/aromatic N) is 4. The Bertz CT molecular complexity index is 524. The molecule has 1 aliphatic carbocycles. The maximum absolute atomic E-state index is 11.5. The Labute approximate surface area is 132 Å². The first kappa shape index (κ1) is 17.0. The minimum atomic E-state index is -0.900. The lowest BCUT2D eigenvalue weighted by Gasteiger charge is -2.32. The van der Waals surface area contributed by atoms with Crippen LogP contribution in [0.25, 0.3) is 0 Å². The van der Waals surface area contributed by atoms with Crippen LogP contribution in [-0.2, 0) is 19.4 Å². The summed E-state index contributed by atoms with van der Waals surface area (Å²) in [6, 6.07) is 0.407. The molecule has 0 spiro atoms. The van der Waals surface area contributed by atoms with Crippen LogP contribution in [0.15, 0.2) is 0 Å². The van der Waals surface area contributed by atoms with E-state index >= 15 is 0 Å². The number of aryl methyl sites for hydroxylation is 1.